The summed E-state index contributed by atoms with van der Waals surface area (Å²) < 4.78 is 0. The van der Waals surface area contributed by atoms with Crippen LogP contribution < -0.4 is 0 Å². The summed E-state index contributed by atoms with van der Waals surface area (Å²) in [6.07, 6.45) is 7.20. The van der Waals surface area contributed by atoms with Crippen LogP contribution in [0, 0.1) is 17.8 Å². The maximum absolute atomic E-state index is 2.34. The lowest BCUT2D eigenvalue weighted by Crippen LogP contribution is -2.02. The molecule has 0 aromatic rings. The Morgan fingerprint density at radius 1 is 1.00 bits per heavy atom. The van der Waals surface area contributed by atoms with Crippen molar-refractivity contribution >= 4 is 0 Å². The maximum atomic E-state index is 2.34. The van der Waals surface area contributed by atoms with Gasteiger partial charge in [0.2, 0.25) is 0 Å². The van der Waals surface area contributed by atoms with Gasteiger partial charge < -0.3 is 0 Å². The lowest BCUT2D eigenvalue weighted by molar-refractivity contribution is 0.395. The topological polar surface area (TPSA) is 0 Å². The van der Waals surface area contributed by atoms with E-state index < -0.39 is 0 Å². The summed E-state index contributed by atoms with van der Waals surface area (Å²) in [6.45, 7) is 11.4. The van der Waals surface area contributed by atoms with Crippen molar-refractivity contribution in [3.63, 3.8) is 0 Å². The van der Waals surface area contributed by atoms with Crippen molar-refractivity contribution in [2.75, 3.05) is 0 Å². The van der Waals surface area contributed by atoms with E-state index in [1.807, 2.05) is 0 Å². The lowest BCUT2D eigenvalue weighted by atomic mass is 9.93. The Labute approximate surface area is 78.1 Å². The van der Waals surface area contributed by atoms with Crippen molar-refractivity contribution in [2.24, 2.45) is 17.8 Å². The van der Waals surface area contributed by atoms with Gasteiger partial charge >= 0.3 is 0 Å². The molecule has 0 radical (unpaired) electrons. The van der Waals surface area contributed by atoms with Gasteiger partial charge in [-0.25, -0.2) is 0 Å². The fourth-order valence-corrected chi connectivity index (χ4v) is 1.06. The van der Waals surface area contributed by atoms with Crippen LogP contribution in [0.5, 0.6) is 0 Å². The lowest BCUT2D eigenvalue weighted by Gasteiger charge is -2.13. The average Bonchev–Trinajstić information content (AvgIpc) is 1.97. The summed E-state index contributed by atoms with van der Waals surface area (Å²) in [7, 11) is 0. The van der Waals surface area contributed by atoms with E-state index in [4.69, 9.17) is 0 Å². The molecule has 0 saturated heterocycles. The van der Waals surface area contributed by atoms with Crippen LogP contribution >= 0.6 is 0 Å². The normalized spacial score (nSPS) is 14.9. The number of hydrogen-bond acceptors (Lipinski definition) is 0. The van der Waals surface area contributed by atoms with E-state index in [0.717, 1.165) is 11.8 Å². The van der Waals surface area contributed by atoms with Crippen molar-refractivity contribution in [3.8, 4) is 0 Å². The van der Waals surface area contributed by atoms with E-state index in [1.54, 1.807) is 0 Å². The molecule has 72 valence electrons. The highest BCUT2D eigenvalue weighted by atomic mass is 14.1. The van der Waals surface area contributed by atoms with Crippen LogP contribution in [0.2, 0.25) is 0 Å². The molecule has 0 amide bonds. The van der Waals surface area contributed by atoms with Crippen LogP contribution in [-0.2, 0) is 0 Å². The Hall–Kier alpha value is -0.260. The second-order valence-electron chi connectivity index (χ2n) is 4.47. The van der Waals surface area contributed by atoms with Gasteiger partial charge in [-0.15, -0.1) is 0 Å². The molecule has 0 heteroatoms. The summed E-state index contributed by atoms with van der Waals surface area (Å²) in [5, 5.41) is 0. The fourth-order valence-electron chi connectivity index (χ4n) is 1.06. The molecule has 0 fully saturated rings. The second kappa shape index (κ2) is 6.28. The summed E-state index contributed by atoms with van der Waals surface area (Å²) >= 11 is 0. The third kappa shape index (κ3) is 6.45. The highest BCUT2D eigenvalue weighted by Crippen LogP contribution is 2.16. The highest BCUT2D eigenvalue weighted by molar-refractivity contribution is 4.84. The molecule has 0 aromatic carbocycles. The van der Waals surface area contributed by atoms with Crippen LogP contribution in [0.25, 0.3) is 0 Å². The van der Waals surface area contributed by atoms with Crippen LogP contribution in [0.4, 0.5) is 0 Å². The van der Waals surface area contributed by atoms with Gasteiger partial charge in [0, 0.05) is 0 Å². The SMILES string of the molecule is CC(C)/C=C\CCC(C)C(C)C. The number of allylic oxidation sites excluding steroid dienone is 2. The van der Waals surface area contributed by atoms with Gasteiger partial charge in [0.25, 0.3) is 0 Å². The zero-order valence-electron chi connectivity index (χ0n) is 9.30. The molecule has 0 aliphatic heterocycles. The van der Waals surface area contributed by atoms with Gasteiger partial charge in [-0.05, 0) is 30.6 Å². The smallest absolute Gasteiger partial charge is 0.0290 e. The first-order valence-corrected chi connectivity index (χ1v) is 5.20. The zero-order chi connectivity index (χ0) is 9.56. The molecule has 0 aliphatic carbocycles. The quantitative estimate of drug-likeness (QED) is 0.538. The van der Waals surface area contributed by atoms with E-state index in [-0.39, 0.29) is 0 Å². The zero-order valence-corrected chi connectivity index (χ0v) is 9.30. The minimum absolute atomic E-state index is 0.708. The summed E-state index contributed by atoms with van der Waals surface area (Å²) in [6, 6.07) is 0. The Balaban J connectivity index is 3.43. The van der Waals surface area contributed by atoms with E-state index in [0.29, 0.717) is 5.92 Å². The number of hydrogen-bond donors (Lipinski definition) is 0. The molecule has 0 heterocycles. The molecular formula is C12H24. The van der Waals surface area contributed by atoms with Gasteiger partial charge in [0.15, 0.2) is 0 Å². The van der Waals surface area contributed by atoms with E-state index >= 15 is 0 Å². The van der Waals surface area contributed by atoms with Gasteiger partial charge in [0.1, 0.15) is 0 Å². The Bertz CT molecular complexity index is 120. The molecule has 0 spiro atoms. The first-order valence-electron chi connectivity index (χ1n) is 5.20. The van der Waals surface area contributed by atoms with Crippen molar-refractivity contribution in [3.05, 3.63) is 12.2 Å². The predicted octanol–water partition coefficient (Wildman–Crippen LogP) is 4.27. The third-order valence-corrected chi connectivity index (χ3v) is 2.45. The third-order valence-electron chi connectivity index (χ3n) is 2.45. The summed E-state index contributed by atoms with van der Waals surface area (Å²) in [5.41, 5.74) is 0. The highest BCUT2D eigenvalue weighted by Gasteiger charge is 2.04. The molecule has 12 heavy (non-hydrogen) atoms. The van der Waals surface area contributed by atoms with E-state index in [2.05, 4.69) is 46.8 Å². The maximum Gasteiger partial charge on any atom is -0.0290 e. The Morgan fingerprint density at radius 2 is 1.58 bits per heavy atom. The Kier molecular flexibility index (Phi) is 6.14. The van der Waals surface area contributed by atoms with Gasteiger partial charge in [-0.1, -0.05) is 46.8 Å². The monoisotopic (exact) mass is 168 g/mol. The minimum Gasteiger partial charge on any atom is -0.0883 e. The van der Waals surface area contributed by atoms with Crippen LogP contribution in [0.1, 0.15) is 47.5 Å². The van der Waals surface area contributed by atoms with Crippen LogP contribution in [0.15, 0.2) is 12.2 Å². The second-order valence-corrected chi connectivity index (χ2v) is 4.47. The molecule has 0 bridgehead atoms. The first kappa shape index (κ1) is 11.7. The van der Waals surface area contributed by atoms with E-state index in [1.165, 1.54) is 12.8 Å². The predicted molar refractivity (Wildman–Crippen MR) is 57.2 cm³/mol. The molecule has 0 saturated carbocycles. The Morgan fingerprint density at radius 3 is 2.00 bits per heavy atom. The van der Waals surface area contributed by atoms with Crippen LogP contribution in [-0.4, -0.2) is 0 Å². The van der Waals surface area contributed by atoms with Gasteiger partial charge in [-0.3, -0.25) is 0 Å². The standard InChI is InChI=1S/C12H24/c1-10(2)8-6-7-9-12(5)11(3)4/h6,8,10-12H,7,9H2,1-5H3/b8-6-. The molecule has 0 rings (SSSR count). The summed E-state index contributed by atoms with van der Waals surface area (Å²) in [4.78, 5) is 0. The number of rotatable bonds is 5. The van der Waals surface area contributed by atoms with Gasteiger partial charge in [0.05, 0.1) is 0 Å². The van der Waals surface area contributed by atoms with Crippen molar-refractivity contribution < 1.29 is 0 Å². The first-order chi connectivity index (χ1) is 5.54. The van der Waals surface area contributed by atoms with Crippen molar-refractivity contribution in [1.82, 2.24) is 0 Å². The molecule has 1 atom stereocenters. The van der Waals surface area contributed by atoms with Gasteiger partial charge in [-0.2, -0.15) is 0 Å². The molecule has 0 N–H and O–H groups in total. The van der Waals surface area contributed by atoms with Crippen LogP contribution in [0.3, 0.4) is 0 Å². The molecular weight excluding hydrogens is 144 g/mol. The minimum atomic E-state index is 0.708. The van der Waals surface area contributed by atoms with E-state index in [9.17, 15) is 0 Å². The molecule has 0 aliphatic rings. The molecule has 1 unspecified atom stereocenters. The van der Waals surface area contributed by atoms with Crippen molar-refractivity contribution in [1.29, 1.82) is 0 Å². The molecule has 0 aromatic heterocycles. The fraction of sp³-hybridized carbons (Fsp3) is 0.833. The van der Waals surface area contributed by atoms with Crippen molar-refractivity contribution in [2.45, 2.75) is 47.5 Å². The molecule has 0 nitrogen and oxygen atoms in total. The average molecular weight is 168 g/mol. The summed E-state index contributed by atoms with van der Waals surface area (Å²) in [5.74, 6) is 2.40. The largest absolute Gasteiger partial charge is 0.0883 e.